The maximum atomic E-state index is 12.6. The van der Waals surface area contributed by atoms with Gasteiger partial charge in [-0.3, -0.25) is 9.78 Å². The van der Waals surface area contributed by atoms with Gasteiger partial charge in [0.05, 0.1) is 11.1 Å². The first-order chi connectivity index (χ1) is 13.0. The van der Waals surface area contributed by atoms with Gasteiger partial charge in [-0.15, -0.1) is 0 Å². The summed E-state index contributed by atoms with van der Waals surface area (Å²) in [4.78, 5) is 31.3. The standard InChI is InChI=1S/C21H17N3O3/c1-11-17(23-12(2)18(11)21(26)27)9-15-19-14(13-5-4-8-22-10-13)6-3-7-16(19)24-20(15)25/h3-10,23H,1-2H3,(H,24,25)(H,26,27)/b15-9-. The molecule has 1 aromatic carbocycles. The molecule has 4 rings (SSSR count). The Labute approximate surface area is 155 Å². The second-order valence-electron chi connectivity index (χ2n) is 6.45. The second kappa shape index (κ2) is 6.25. The van der Waals surface area contributed by atoms with Crippen molar-refractivity contribution in [2.75, 3.05) is 5.32 Å². The van der Waals surface area contributed by atoms with E-state index in [1.54, 1.807) is 32.3 Å². The van der Waals surface area contributed by atoms with Crippen LogP contribution in [0.3, 0.4) is 0 Å². The minimum absolute atomic E-state index is 0.218. The number of fused-ring (bicyclic) bond motifs is 1. The number of aryl methyl sites for hydroxylation is 1. The number of hydrogen-bond acceptors (Lipinski definition) is 3. The van der Waals surface area contributed by atoms with Crippen LogP contribution in [0.5, 0.6) is 0 Å². The van der Waals surface area contributed by atoms with Crippen molar-refractivity contribution in [1.82, 2.24) is 9.97 Å². The number of benzene rings is 1. The van der Waals surface area contributed by atoms with Crippen LogP contribution in [-0.2, 0) is 4.79 Å². The smallest absolute Gasteiger partial charge is 0.337 e. The van der Waals surface area contributed by atoms with Crippen LogP contribution in [0.25, 0.3) is 22.8 Å². The lowest BCUT2D eigenvalue weighted by molar-refractivity contribution is -0.110. The van der Waals surface area contributed by atoms with E-state index < -0.39 is 5.97 Å². The van der Waals surface area contributed by atoms with E-state index in [1.165, 1.54) is 0 Å². The number of carbonyl (C=O) groups excluding carboxylic acids is 1. The number of H-pyrrole nitrogens is 1. The summed E-state index contributed by atoms with van der Waals surface area (Å²) >= 11 is 0. The summed E-state index contributed by atoms with van der Waals surface area (Å²) in [5.74, 6) is -1.21. The van der Waals surface area contributed by atoms with Crippen LogP contribution >= 0.6 is 0 Å². The number of anilines is 1. The first-order valence-electron chi connectivity index (χ1n) is 8.46. The average molecular weight is 359 g/mol. The van der Waals surface area contributed by atoms with Gasteiger partial charge in [0, 0.05) is 40.6 Å². The molecule has 0 fully saturated rings. The molecule has 0 unspecified atom stereocenters. The number of carbonyl (C=O) groups is 2. The van der Waals surface area contributed by atoms with Crippen molar-refractivity contribution < 1.29 is 14.7 Å². The van der Waals surface area contributed by atoms with Crippen molar-refractivity contribution in [1.29, 1.82) is 0 Å². The molecule has 0 aliphatic carbocycles. The molecule has 1 aliphatic rings. The fourth-order valence-electron chi connectivity index (χ4n) is 3.53. The molecule has 0 radical (unpaired) electrons. The van der Waals surface area contributed by atoms with Crippen molar-refractivity contribution in [2.24, 2.45) is 0 Å². The van der Waals surface area contributed by atoms with E-state index in [-0.39, 0.29) is 11.5 Å². The van der Waals surface area contributed by atoms with Crippen molar-refractivity contribution in [3.05, 3.63) is 70.8 Å². The Kier molecular flexibility index (Phi) is 3.88. The van der Waals surface area contributed by atoms with Gasteiger partial charge in [-0.2, -0.15) is 0 Å². The van der Waals surface area contributed by atoms with Crippen LogP contribution in [-0.4, -0.2) is 27.0 Å². The normalized spacial score (nSPS) is 14.3. The van der Waals surface area contributed by atoms with Gasteiger partial charge in [0.15, 0.2) is 0 Å². The Morgan fingerprint density at radius 1 is 1.19 bits per heavy atom. The number of carboxylic acid groups (broad SMARTS) is 1. The molecule has 1 aliphatic heterocycles. The van der Waals surface area contributed by atoms with Gasteiger partial charge in [0.2, 0.25) is 0 Å². The number of amides is 1. The Balaban J connectivity index is 1.91. The molecule has 3 aromatic rings. The Morgan fingerprint density at radius 3 is 2.67 bits per heavy atom. The highest BCUT2D eigenvalue weighted by atomic mass is 16.4. The van der Waals surface area contributed by atoms with Crippen LogP contribution < -0.4 is 5.32 Å². The Hall–Kier alpha value is -3.67. The summed E-state index contributed by atoms with van der Waals surface area (Å²) < 4.78 is 0. The zero-order valence-corrected chi connectivity index (χ0v) is 14.8. The molecule has 1 amide bonds. The largest absolute Gasteiger partial charge is 0.478 e. The van der Waals surface area contributed by atoms with Crippen molar-refractivity contribution in [3.8, 4) is 11.1 Å². The first kappa shape index (κ1) is 16.8. The topological polar surface area (TPSA) is 95.1 Å². The van der Waals surface area contributed by atoms with Gasteiger partial charge in [0.25, 0.3) is 5.91 Å². The van der Waals surface area contributed by atoms with E-state index in [4.69, 9.17) is 0 Å². The summed E-state index contributed by atoms with van der Waals surface area (Å²) in [6.45, 7) is 3.45. The molecule has 0 spiro atoms. The van der Waals surface area contributed by atoms with Gasteiger partial charge in [-0.05, 0) is 43.2 Å². The molecule has 0 saturated heterocycles. The number of aromatic amines is 1. The van der Waals surface area contributed by atoms with Crippen molar-refractivity contribution >= 4 is 29.2 Å². The summed E-state index contributed by atoms with van der Waals surface area (Å²) in [5.41, 5.74) is 5.83. The summed E-state index contributed by atoms with van der Waals surface area (Å²) in [7, 11) is 0. The Morgan fingerprint density at radius 2 is 2.00 bits per heavy atom. The zero-order chi connectivity index (χ0) is 19.1. The lowest BCUT2D eigenvalue weighted by Crippen LogP contribution is -2.03. The molecule has 0 saturated carbocycles. The molecule has 3 heterocycles. The number of pyridine rings is 1. The second-order valence-corrected chi connectivity index (χ2v) is 6.45. The molecule has 134 valence electrons. The number of rotatable bonds is 3. The monoisotopic (exact) mass is 359 g/mol. The van der Waals surface area contributed by atoms with Crippen molar-refractivity contribution in [2.45, 2.75) is 13.8 Å². The number of aromatic carboxylic acids is 1. The molecular weight excluding hydrogens is 342 g/mol. The van der Waals surface area contributed by atoms with E-state index in [1.807, 2.05) is 30.3 Å². The Bertz CT molecular complexity index is 1110. The summed E-state index contributed by atoms with van der Waals surface area (Å²) in [5, 5.41) is 12.3. The number of hydrogen-bond donors (Lipinski definition) is 3. The fraction of sp³-hybridized carbons (Fsp3) is 0.0952. The van der Waals surface area contributed by atoms with Crippen LogP contribution in [0, 0.1) is 13.8 Å². The highest BCUT2D eigenvalue weighted by molar-refractivity contribution is 6.36. The molecule has 6 heteroatoms. The van der Waals surface area contributed by atoms with Gasteiger partial charge in [0.1, 0.15) is 0 Å². The van der Waals surface area contributed by atoms with Gasteiger partial charge in [-0.25, -0.2) is 4.79 Å². The van der Waals surface area contributed by atoms with E-state index in [0.29, 0.717) is 22.5 Å². The highest BCUT2D eigenvalue weighted by Gasteiger charge is 2.28. The van der Waals surface area contributed by atoms with E-state index in [0.717, 1.165) is 22.4 Å². The molecule has 2 aromatic heterocycles. The van der Waals surface area contributed by atoms with Crippen LogP contribution in [0.1, 0.15) is 32.9 Å². The summed E-state index contributed by atoms with van der Waals surface area (Å²) in [6.07, 6.45) is 5.17. The maximum Gasteiger partial charge on any atom is 0.337 e. The minimum atomic E-state index is -0.988. The van der Waals surface area contributed by atoms with Crippen LogP contribution in [0.2, 0.25) is 0 Å². The number of nitrogens with zero attached hydrogens (tertiary/aromatic N) is 1. The SMILES string of the molecule is Cc1[nH]c(/C=C2\C(=O)Nc3cccc(-c4cccnc4)c32)c(C)c1C(=O)O. The average Bonchev–Trinajstić information content (AvgIpc) is 3.11. The lowest BCUT2D eigenvalue weighted by Gasteiger charge is -2.08. The quantitative estimate of drug-likeness (QED) is 0.618. The molecule has 3 N–H and O–H groups in total. The van der Waals surface area contributed by atoms with Crippen molar-refractivity contribution in [3.63, 3.8) is 0 Å². The third kappa shape index (κ3) is 2.71. The summed E-state index contributed by atoms with van der Waals surface area (Å²) in [6, 6.07) is 9.47. The predicted octanol–water partition coefficient (Wildman–Crippen LogP) is 3.88. The third-order valence-electron chi connectivity index (χ3n) is 4.78. The first-order valence-corrected chi connectivity index (χ1v) is 8.46. The van der Waals surface area contributed by atoms with Crippen LogP contribution in [0.15, 0.2) is 42.7 Å². The van der Waals surface area contributed by atoms with Gasteiger partial charge >= 0.3 is 5.97 Å². The number of carboxylic acids is 1. The zero-order valence-electron chi connectivity index (χ0n) is 14.8. The number of aromatic nitrogens is 2. The lowest BCUT2D eigenvalue weighted by atomic mass is 9.95. The highest BCUT2D eigenvalue weighted by Crippen LogP contribution is 2.40. The van der Waals surface area contributed by atoms with Crippen LogP contribution in [0.4, 0.5) is 5.69 Å². The third-order valence-corrected chi connectivity index (χ3v) is 4.78. The molecule has 0 bridgehead atoms. The molecule has 6 nitrogen and oxygen atoms in total. The van der Waals surface area contributed by atoms with Gasteiger partial charge < -0.3 is 15.4 Å². The fourth-order valence-corrected chi connectivity index (χ4v) is 3.53. The molecule has 27 heavy (non-hydrogen) atoms. The molecule has 0 atom stereocenters. The van der Waals surface area contributed by atoms with E-state index in [2.05, 4.69) is 15.3 Å². The number of nitrogens with one attached hydrogen (secondary N) is 2. The molecular formula is C21H17N3O3. The van der Waals surface area contributed by atoms with Gasteiger partial charge in [-0.1, -0.05) is 18.2 Å². The minimum Gasteiger partial charge on any atom is -0.478 e. The van der Waals surface area contributed by atoms with E-state index >= 15 is 0 Å². The predicted molar refractivity (Wildman–Crippen MR) is 103 cm³/mol. The maximum absolute atomic E-state index is 12.6. The van der Waals surface area contributed by atoms with E-state index in [9.17, 15) is 14.7 Å².